The summed E-state index contributed by atoms with van der Waals surface area (Å²) in [5.74, 6) is -2.75. The van der Waals surface area contributed by atoms with Gasteiger partial charge in [-0.15, -0.1) is 0 Å². The first kappa shape index (κ1) is 33.7. The molecule has 0 spiro atoms. The maximum absolute atomic E-state index is 13.6. The number of ether oxygens (including phenoxy) is 1. The highest BCUT2D eigenvalue weighted by Gasteiger charge is 2.28. The Morgan fingerprint density at radius 3 is 1.48 bits per heavy atom. The lowest BCUT2D eigenvalue weighted by molar-refractivity contribution is 0.0684. The number of hydrogen-bond acceptors (Lipinski definition) is 5. The molecule has 4 aromatic carbocycles. The molecule has 4 N–H and O–H groups in total. The minimum absolute atomic E-state index is 0.0343. The van der Waals surface area contributed by atoms with Crippen LogP contribution in [0, 0.1) is 0 Å². The first-order valence-corrected chi connectivity index (χ1v) is 15.3. The fourth-order valence-corrected chi connectivity index (χ4v) is 5.12. The topological polar surface area (TPSA) is 142 Å². The molecule has 4 rings (SSSR count). The van der Waals surface area contributed by atoms with Gasteiger partial charge in [-0.3, -0.25) is 9.59 Å². The van der Waals surface area contributed by atoms with Crippen LogP contribution in [-0.2, 0) is 5.41 Å². The van der Waals surface area contributed by atoms with Crippen LogP contribution in [0.25, 0.3) is 10.8 Å². The van der Waals surface area contributed by atoms with E-state index in [2.05, 4.69) is 31.4 Å². The van der Waals surface area contributed by atoms with Gasteiger partial charge in [0, 0.05) is 33.1 Å². The first-order valence-electron chi connectivity index (χ1n) is 15.3. The molecule has 0 saturated heterocycles. The lowest BCUT2D eigenvalue weighted by Crippen LogP contribution is -2.45. The van der Waals surface area contributed by atoms with E-state index >= 15 is 0 Å². The van der Waals surface area contributed by atoms with Gasteiger partial charge in [-0.25, -0.2) is 9.59 Å². The van der Waals surface area contributed by atoms with Crippen molar-refractivity contribution in [1.82, 2.24) is 5.32 Å². The summed E-state index contributed by atoms with van der Waals surface area (Å²) in [5, 5.41) is 25.5. The van der Waals surface area contributed by atoms with E-state index in [1.807, 2.05) is 45.0 Å². The maximum atomic E-state index is 13.6. The molecule has 46 heavy (non-hydrogen) atoms. The van der Waals surface area contributed by atoms with E-state index in [9.17, 15) is 29.4 Å². The number of amides is 2. The Hall–Kier alpha value is -5.18. The third-order valence-electron chi connectivity index (χ3n) is 8.95. The number of carbonyl (C=O) groups excluding carboxylic acids is 2. The molecular weight excluding hydrogens is 584 g/mol. The standard InChI is InChI=1S/C37H40N2O7/c1-7-36(4,5)22-10-14-24(15-11-22)46-25-16-12-23(13-17-25)38-32(40)26-18-19-27(33(41)39-37(6,8-2)9-3)31-29(35(44)45)21-20-28(30(26)31)34(42)43/h10-21H,7-9H2,1-6H3,(H,38,40)(H,39,41)(H,42,43)(H,44,45). The molecule has 0 aliphatic carbocycles. The molecule has 0 aromatic heterocycles. The van der Waals surface area contributed by atoms with Gasteiger partial charge < -0.3 is 25.6 Å². The zero-order valence-electron chi connectivity index (χ0n) is 27.0. The van der Waals surface area contributed by atoms with E-state index in [1.54, 1.807) is 24.3 Å². The molecule has 0 aliphatic heterocycles. The van der Waals surface area contributed by atoms with Gasteiger partial charge in [-0.1, -0.05) is 46.8 Å². The number of rotatable bonds is 12. The monoisotopic (exact) mass is 624 g/mol. The first-order chi connectivity index (χ1) is 21.7. The molecule has 0 unspecified atom stereocenters. The summed E-state index contributed by atoms with van der Waals surface area (Å²) < 4.78 is 5.97. The third kappa shape index (κ3) is 7.04. The normalized spacial score (nSPS) is 11.6. The van der Waals surface area contributed by atoms with Crippen LogP contribution in [0.4, 0.5) is 5.69 Å². The number of aromatic carboxylic acids is 2. The van der Waals surface area contributed by atoms with Crippen molar-refractivity contribution in [2.24, 2.45) is 0 Å². The van der Waals surface area contributed by atoms with Crippen LogP contribution in [-0.4, -0.2) is 39.5 Å². The quantitative estimate of drug-likeness (QED) is 0.124. The van der Waals surface area contributed by atoms with Gasteiger partial charge >= 0.3 is 11.9 Å². The maximum Gasteiger partial charge on any atom is 0.336 e. The Morgan fingerprint density at radius 2 is 1.04 bits per heavy atom. The summed E-state index contributed by atoms with van der Waals surface area (Å²) in [6, 6.07) is 19.6. The van der Waals surface area contributed by atoms with Crippen molar-refractivity contribution in [3.05, 3.63) is 101 Å². The van der Waals surface area contributed by atoms with Gasteiger partial charge in [0.15, 0.2) is 0 Å². The fourth-order valence-electron chi connectivity index (χ4n) is 5.12. The molecule has 240 valence electrons. The summed E-state index contributed by atoms with van der Waals surface area (Å²) in [5.41, 5.74) is 0.391. The van der Waals surface area contributed by atoms with Crippen molar-refractivity contribution in [2.75, 3.05) is 5.32 Å². The minimum atomic E-state index is -1.37. The van der Waals surface area contributed by atoms with Crippen molar-refractivity contribution >= 4 is 40.2 Å². The molecule has 9 heteroatoms. The largest absolute Gasteiger partial charge is 0.478 e. The van der Waals surface area contributed by atoms with Crippen LogP contribution in [0.3, 0.4) is 0 Å². The molecule has 0 radical (unpaired) electrons. The van der Waals surface area contributed by atoms with Crippen LogP contribution in [0.1, 0.15) is 108 Å². The zero-order valence-corrected chi connectivity index (χ0v) is 27.0. The number of benzene rings is 4. The highest BCUT2D eigenvalue weighted by Crippen LogP contribution is 2.33. The molecule has 0 fully saturated rings. The second-order valence-corrected chi connectivity index (χ2v) is 12.2. The summed E-state index contributed by atoms with van der Waals surface area (Å²) in [6.07, 6.45) is 2.24. The van der Waals surface area contributed by atoms with Crippen LogP contribution in [0.2, 0.25) is 0 Å². The van der Waals surface area contributed by atoms with E-state index in [0.29, 0.717) is 30.0 Å². The van der Waals surface area contributed by atoms with E-state index in [0.717, 1.165) is 18.6 Å². The van der Waals surface area contributed by atoms with Crippen LogP contribution < -0.4 is 15.4 Å². The van der Waals surface area contributed by atoms with E-state index in [1.165, 1.54) is 17.7 Å². The molecule has 9 nitrogen and oxygen atoms in total. The van der Waals surface area contributed by atoms with Crippen molar-refractivity contribution < 1.29 is 34.1 Å². The molecule has 0 heterocycles. The second kappa shape index (κ2) is 13.4. The predicted octanol–water partition coefficient (Wildman–Crippen LogP) is 8.28. The fraction of sp³-hybridized carbons (Fsp3) is 0.297. The van der Waals surface area contributed by atoms with Crippen molar-refractivity contribution in [2.45, 2.75) is 71.8 Å². The number of anilines is 1. The van der Waals surface area contributed by atoms with Gasteiger partial charge in [0.25, 0.3) is 11.8 Å². The summed E-state index contributed by atoms with van der Waals surface area (Å²) in [6.45, 7) is 12.2. The van der Waals surface area contributed by atoms with Crippen LogP contribution >= 0.6 is 0 Å². The Labute approximate surface area is 268 Å². The van der Waals surface area contributed by atoms with Crippen LogP contribution in [0.5, 0.6) is 11.5 Å². The zero-order chi connectivity index (χ0) is 33.8. The highest BCUT2D eigenvalue weighted by molar-refractivity contribution is 6.24. The number of carboxylic acid groups (broad SMARTS) is 2. The number of carbonyl (C=O) groups is 4. The smallest absolute Gasteiger partial charge is 0.336 e. The van der Waals surface area contributed by atoms with Crippen molar-refractivity contribution in [1.29, 1.82) is 0 Å². The lowest BCUT2D eigenvalue weighted by atomic mass is 9.82. The summed E-state index contributed by atoms with van der Waals surface area (Å²) in [7, 11) is 0. The molecule has 2 amide bonds. The molecule has 0 aliphatic rings. The Balaban J connectivity index is 1.68. The van der Waals surface area contributed by atoms with Crippen LogP contribution in [0.15, 0.2) is 72.8 Å². The Morgan fingerprint density at radius 1 is 0.609 bits per heavy atom. The number of hydrogen-bond donors (Lipinski definition) is 4. The average Bonchev–Trinajstić information content (AvgIpc) is 3.04. The lowest BCUT2D eigenvalue weighted by Gasteiger charge is -2.28. The third-order valence-corrected chi connectivity index (χ3v) is 8.95. The van der Waals surface area contributed by atoms with E-state index in [-0.39, 0.29) is 38.4 Å². The molecule has 4 aromatic rings. The van der Waals surface area contributed by atoms with E-state index in [4.69, 9.17) is 4.74 Å². The molecule has 0 saturated carbocycles. The molecular formula is C37H40N2O7. The average molecular weight is 625 g/mol. The van der Waals surface area contributed by atoms with Gasteiger partial charge in [-0.05, 0) is 97.8 Å². The number of fused-ring (bicyclic) bond motifs is 1. The molecule has 0 bridgehead atoms. The second-order valence-electron chi connectivity index (χ2n) is 12.2. The molecule has 0 atom stereocenters. The van der Waals surface area contributed by atoms with Crippen molar-refractivity contribution in [3.63, 3.8) is 0 Å². The van der Waals surface area contributed by atoms with Gasteiger partial charge in [0.2, 0.25) is 0 Å². The predicted molar refractivity (Wildman–Crippen MR) is 179 cm³/mol. The Kier molecular flexibility index (Phi) is 9.85. The van der Waals surface area contributed by atoms with Gasteiger partial charge in [-0.2, -0.15) is 0 Å². The SMILES string of the molecule is CCC(C)(CC)NC(=O)c1ccc(C(=O)Nc2ccc(Oc3ccc(C(C)(C)CC)cc3)cc2)c2c(C(=O)O)ccc(C(=O)O)c12. The highest BCUT2D eigenvalue weighted by atomic mass is 16.5. The Bertz CT molecular complexity index is 1790. The minimum Gasteiger partial charge on any atom is -0.478 e. The number of carboxylic acids is 2. The van der Waals surface area contributed by atoms with Crippen molar-refractivity contribution in [3.8, 4) is 11.5 Å². The number of nitrogens with one attached hydrogen (secondary N) is 2. The summed E-state index contributed by atoms with van der Waals surface area (Å²) in [4.78, 5) is 51.7. The van der Waals surface area contributed by atoms with Gasteiger partial charge in [0.05, 0.1) is 11.1 Å². The van der Waals surface area contributed by atoms with E-state index < -0.39 is 29.3 Å². The van der Waals surface area contributed by atoms with Gasteiger partial charge in [0.1, 0.15) is 11.5 Å². The summed E-state index contributed by atoms with van der Waals surface area (Å²) >= 11 is 0.